The van der Waals surface area contributed by atoms with Crippen molar-refractivity contribution in [3.05, 3.63) is 30.3 Å². The van der Waals surface area contributed by atoms with Crippen molar-refractivity contribution in [3.63, 3.8) is 0 Å². The largest absolute Gasteiger partial charge is 0.385 e. The van der Waals surface area contributed by atoms with Crippen LogP contribution in [0, 0.1) is 0 Å². The Balaban J connectivity index is 1.57. The van der Waals surface area contributed by atoms with Crippen LogP contribution < -0.4 is 16.0 Å². The molecule has 1 fully saturated rings. The minimum atomic E-state index is 0.818. The predicted octanol–water partition coefficient (Wildman–Crippen LogP) is 1.77. The van der Waals surface area contributed by atoms with E-state index in [0.29, 0.717) is 0 Å². The summed E-state index contributed by atoms with van der Waals surface area (Å²) < 4.78 is 5.38. The first kappa shape index (κ1) is 19.5. The molecule has 2 rings (SSSR count). The first-order valence-electron chi connectivity index (χ1n) is 9.49. The van der Waals surface area contributed by atoms with Crippen LogP contribution in [-0.4, -0.2) is 69.9 Å². The van der Waals surface area contributed by atoms with Crippen LogP contribution in [-0.2, 0) is 4.74 Å². The number of guanidine groups is 1. The number of anilines is 1. The molecule has 1 aromatic rings. The van der Waals surface area contributed by atoms with Crippen LogP contribution in [0.4, 0.5) is 5.69 Å². The summed E-state index contributed by atoms with van der Waals surface area (Å²) >= 11 is 0. The SMILES string of the molecule is CCNC(=NCCCNc1ccccc1)NCCCN1CCOCC1. The van der Waals surface area contributed by atoms with Crippen molar-refractivity contribution in [2.45, 2.75) is 19.8 Å². The van der Waals surface area contributed by atoms with E-state index in [1.807, 2.05) is 18.2 Å². The summed E-state index contributed by atoms with van der Waals surface area (Å²) in [6.45, 7) is 10.7. The van der Waals surface area contributed by atoms with Gasteiger partial charge in [0.2, 0.25) is 0 Å². The summed E-state index contributed by atoms with van der Waals surface area (Å²) in [5, 5.41) is 10.2. The highest BCUT2D eigenvalue weighted by Crippen LogP contribution is 2.04. The zero-order valence-corrected chi connectivity index (χ0v) is 15.5. The van der Waals surface area contributed by atoms with Gasteiger partial charge in [0.05, 0.1) is 13.2 Å². The smallest absolute Gasteiger partial charge is 0.191 e. The van der Waals surface area contributed by atoms with Crippen LogP contribution in [0.3, 0.4) is 0 Å². The second kappa shape index (κ2) is 12.6. The van der Waals surface area contributed by atoms with Crippen molar-refractivity contribution in [1.29, 1.82) is 0 Å². The molecule has 0 amide bonds. The van der Waals surface area contributed by atoms with Crippen molar-refractivity contribution in [2.24, 2.45) is 4.99 Å². The molecule has 0 aliphatic carbocycles. The lowest BCUT2D eigenvalue weighted by atomic mass is 10.3. The molecule has 0 atom stereocenters. The quantitative estimate of drug-likeness (QED) is 0.342. The summed E-state index contributed by atoms with van der Waals surface area (Å²) in [6, 6.07) is 10.3. The standard InChI is InChI=1S/C19H33N5O/c1-2-20-19(23-12-7-13-24-14-16-25-17-15-24)22-11-6-10-21-18-8-4-3-5-9-18/h3-5,8-9,21H,2,6-7,10-17H2,1H3,(H2,20,22,23). The van der Waals surface area contributed by atoms with Gasteiger partial charge < -0.3 is 20.7 Å². The van der Waals surface area contributed by atoms with Crippen LogP contribution >= 0.6 is 0 Å². The molecular weight excluding hydrogens is 314 g/mol. The summed E-state index contributed by atoms with van der Waals surface area (Å²) in [5.41, 5.74) is 1.17. The number of aliphatic imine (C=N–C) groups is 1. The summed E-state index contributed by atoms with van der Waals surface area (Å²) in [5.74, 6) is 0.921. The van der Waals surface area contributed by atoms with Crippen molar-refractivity contribution in [3.8, 4) is 0 Å². The van der Waals surface area contributed by atoms with E-state index in [1.165, 1.54) is 5.69 Å². The molecule has 1 aliphatic heterocycles. The topological polar surface area (TPSA) is 60.9 Å². The Morgan fingerprint density at radius 1 is 1.08 bits per heavy atom. The second-order valence-electron chi connectivity index (χ2n) is 6.14. The molecule has 0 saturated carbocycles. The highest BCUT2D eigenvalue weighted by Gasteiger charge is 2.09. The molecule has 6 nitrogen and oxygen atoms in total. The molecule has 0 spiro atoms. The number of nitrogens with zero attached hydrogens (tertiary/aromatic N) is 2. The zero-order valence-electron chi connectivity index (χ0n) is 15.5. The van der Waals surface area contributed by atoms with E-state index in [2.05, 4.69) is 44.9 Å². The van der Waals surface area contributed by atoms with Gasteiger partial charge in [-0.15, -0.1) is 0 Å². The molecule has 0 bridgehead atoms. The molecule has 25 heavy (non-hydrogen) atoms. The first-order chi connectivity index (χ1) is 12.4. The Bertz CT molecular complexity index is 474. The van der Waals surface area contributed by atoms with Gasteiger partial charge >= 0.3 is 0 Å². The fourth-order valence-corrected chi connectivity index (χ4v) is 2.73. The van der Waals surface area contributed by atoms with Crippen LogP contribution in [0.25, 0.3) is 0 Å². The molecule has 0 aromatic heterocycles. The number of rotatable bonds is 10. The summed E-state index contributed by atoms with van der Waals surface area (Å²) in [4.78, 5) is 7.11. The van der Waals surface area contributed by atoms with Crippen molar-refractivity contribution >= 4 is 11.6 Å². The molecule has 140 valence electrons. The van der Waals surface area contributed by atoms with E-state index in [9.17, 15) is 0 Å². The van der Waals surface area contributed by atoms with Crippen molar-refractivity contribution < 1.29 is 4.74 Å². The molecule has 3 N–H and O–H groups in total. The van der Waals surface area contributed by atoms with Gasteiger partial charge in [-0.25, -0.2) is 0 Å². The highest BCUT2D eigenvalue weighted by molar-refractivity contribution is 5.79. The highest BCUT2D eigenvalue weighted by atomic mass is 16.5. The molecule has 1 aliphatic rings. The van der Waals surface area contributed by atoms with Gasteiger partial charge in [0, 0.05) is 45.0 Å². The van der Waals surface area contributed by atoms with E-state index < -0.39 is 0 Å². The normalized spacial score (nSPS) is 15.8. The number of ether oxygens (including phenoxy) is 1. The third-order valence-electron chi connectivity index (χ3n) is 4.10. The number of hydrogen-bond acceptors (Lipinski definition) is 4. The van der Waals surface area contributed by atoms with Gasteiger partial charge in [-0.3, -0.25) is 9.89 Å². The van der Waals surface area contributed by atoms with Gasteiger partial charge in [-0.1, -0.05) is 18.2 Å². The third-order valence-corrected chi connectivity index (χ3v) is 4.10. The maximum absolute atomic E-state index is 5.38. The number of hydrogen-bond donors (Lipinski definition) is 3. The number of benzene rings is 1. The van der Waals surface area contributed by atoms with Gasteiger partial charge in [0.25, 0.3) is 0 Å². The van der Waals surface area contributed by atoms with Gasteiger partial charge in [-0.2, -0.15) is 0 Å². The van der Waals surface area contributed by atoms with Gasteiger partial charge in [-0.05, 0) is 38.4 Å². The average Bonchev–Trinajstić information content (AvgIpc) is 2.66. The lowest BCUT2D eigenvalue weighted by Gasteiger charge is -2.26. The average molecular weight is 348 g/mol. The van der Waals surface area contributed by atoms with Gasteiger partial charge in [0.1, 0.15) is 0 Å². The zero-order chi connectivity index (χ0) is 17.6. The molecule has 1 aromatic carbocycles. The monoisotopic (exact) mass is 347 g/mol. The predicted molar refractivity (Wildman–Crippen MR) is 105 cm³/mol. The number of nitrogens with one attached hydrogen (secondary N) is 3. The maximum Gasteiger partial charge on any atom is 0.191 e. The Kier molecular flexibility index (Phi) is 9.81. The van der Waals surface area contributed by atoms with Crippen molar-refractivity contribution in [2.75, 3.05) is 64.3 Å². The molecule has 0 radical (unpaired) electrons. The third kappa shape index (κ3) is 8.74. The van der Waals surface area contributed by atoms with E-state index in [0.717, 1.165) is 77.8 Å². The van der Waals surface area contributed by atoms with E-state index in [-0.39, 0.29) is 0 Å². The molecule has 6 heteroatoms. The fraction of sp³-hybridized carbons (Fsp3) is 0.632. The lowest BCUT2D eigenvalue weighted by Crippen LogP contribution is -2.40. The van der Waals surface area contributed by atoms with Crippen LogP contribution in [0.1, 0.15) is 19.8 Å². The summed E-state index contributed by atoms with van der Waals surface area (Å²) in [6.07, 6.45) is 2.14. The van der Waals surface area contributed by atoms with Crippen LogP contribution in [0.2, 0.25) is 0 Å². The number of para-hydroxylation sites is 1. The Hall–Kier alpha value is -1.79. The molecule has 0 unspecified atom stereocenters. The number of morpholine rings is 1. The minimum absolute atomic E-state index is 0.818. The maximum atomic E-state index is 5.38. The Labute approximate surface area is 152 Å². The van der Waals surface area contributed by atoms with E-state index in [4.69, 9.17) is 4.74 Å². The van der Waals surface area contributed by atoms with Gasteiger partial charge in [0.15, 0.2) is 5.96 Å². The minimum Gasteiger partial charge on any atom is -0.385 e. The fourth-order valence-electron chi connectivity index (χ4n) is 2.73. The Morgan fingerprint density at radius 2 is 1.88 bits per heavy atom. The van der Waals surface area contributed by atoms with E-state index >= 15 is 0 Å². The van der Waals surface area contributed by atoms with Crippen molar-refractivity contribution in [1.82, 2.24) is 15.5 Å². The van der Waals surface area contributed by atoms with E-state index in [1.54, 1.807) is 0 Å². The Morgan fingerprint density at radius 3 is 2.64 bits per heavy atom. The van der Waals surface area contributed by atoms with Crippen LogP contribution in [0.5, 0.6) is 0 Å². The first-order valence-corrected chi connectivity index (χ1v) is 9.49. The molecule has 1 heterocycles. The summed E-state index contributed by atoms with van der Waals surface area (Å²) in [7, 11) is 0. The lowest BCUT2D eigenvalue weighted by molar-refractivity contribution is 0.0376. The second-order valence-corrected chi connectivity index (χ2v) is 6.14. The van der Waals surface area contributed by atoms with Crippen LogP contribution in [0.15, 0.2) is 35.3 Å². The molecule has 1 saturated heterocycles. The molecular formula is C19H33N5O.